The van der Waals surface area contributed by atoms with Crippen LogP contribution in [-0.2, 0) is 11.3 Å². The van der Waals surface area contributed by atoms with Gasteiger partial charge in [0.25, 0.3) is 5.91 Å². The highest BCUT2D eigenvalue weighted by Gasteiger charge is 2.12. The Kier molecular flexibility index (Phi) is 6.97. The van der Waals surface area contributed by atoms with Gasteiger partial charge < -0.3 is 18.8 Å². The average molecular weight is 439 g/mol. The number of aryl methyl sites for hydroxylation is 2. The van der Waals surface area contributed by atoms with Crippen molar-refractivity contribution >= 4 is 33.5 Å². The summed E-state index contributed by atoms with van der Waals surface area (Å²) < 4.78 is 19.2. The summed E-state index contributed by atoms with van der Waals surface area (Å²) in [5.41, 5.74) is 4.13. The smallest absolute Gasteiger partial charge is 0.272 e. The van der Waals surface area contributed by atoms with Crippen molar-refractivity contribution in [1.82, 2.24) is 4.57 Å². The molecule has 0 unspecified atom stereocenters. The number of methoxy groups -OCH3 is 3. The van der Waals surface area contributed by atoms with Crippen LogP contribution in [0.25, 0.3) is 16.3 Å². The molecular formula is C24H26N2O4S. The lowest BCUT2D eigenvalue weighted by atomic mass is 10.1. The van der Waals surface area contributed by atoms with Crippen LogP contribution in [0.1, 0.15) is 16.7 Å². The number of benzene rings is 2. The molecule has 0 N–H and O–H groups in total. The number of nitrogens with zero attached hydrogens (tertiary/aromatic N) is 2. The van der Waals surface area contributed by atoms with Gasteiger partial charge in [-0.1, -0.05) is 23.5 Å². The molecule has 3 aromatic rings. The van der Waals surface area contributed by atoms with E-state index in [0.29, 0.717) is 28.6 Å². The van der Waals surface area contributed by atoms with E-state index < -0.39 is 0 Å². The third-order valence-electron chi connectivity index (χ3n) is 4.74. The maximum atomic E-state index is 12.6. The number of fused-ring (bicyclic) bond motifs is 1. The van der Waals surface area contributed by atoms with Crippen molar-refractivity contribution in [3.63, 3.8) is 0 Å². The van der Waals surface area contributed by atoms with Gasteiger partial charge in [0.15, 0.2) is 16.3 Å². The molecule has 31 heavy (non-hydrogen) atoms. The molecule has 0 aliphatic carbocycles. The number of hydrogen-bond donors (Lipinski definition) is 0. The molecule has 162 valence electrons. The van der Waals surface area contributed by atoms with Gasteiger partial charge in [-0.05, 0) is 54.8 Å². The van der Waals surface area contributed by atoms with Gasteiger partial charge in [-0.15, -0.1) is 6.58 Å². The Morgan fingerprint density at radius 1 is 1.10 bits per heavy atom. The van der Waals surface area contributed by atoms with E-state index in [4.69, 9.17) is 14.2 Å². The molecule has 7 heteroatoms. The van der Waals surface area contributed by atoms with Gasteiger partial charge in [-0.25, -0.2) is 0 Å². The van der Waals surface area contributed by atoms with Crippen LogP contribution < -0.4 is 19.0 Å². The largest absolute Gasteiger partial charge is 0.493 e. The first-order valence-corrected chi connectivity index (χ1v) is 10.5. The third kappa shape index (κ3) is 4.72. The highest BCUT2D eigenvalue weighted by atomic mass is 32.1. The molecule has 1 heterocycles. The molecule has 0 spiro atoms. The van der Waals surface area contributed by atoms with E-state index in [1.807, 2.05) is 4.57 Å². The van der Waals surface area contributed by atoms with Gasteiger partial charge in [0.2, 0.25) is 5.75 Å². The molecule has 0 atom stereocenters. The molecule has 1 aromatic heterocycles. The quantitative estimate of drug-likeness (QED) is 0.397. The predicted molar refractivity (Wildman–Crippen MR) is 125 cm³/mol. The standard InChI is InChI=1S/C24H26N2O4S/c1-7-10-26-18-12-15(2)11-16(3)23(18)31-24(26)25-21(27)9-8-17-13-19(28-4)22(30-6)20(14-17)29-5/h7-9,11-14H,1,10H2,2-6H3/b9-8-,25-24?. The number of amides is 1. The number of thiazole rings is 1. The van der Waals surface area contributed by atoms with Crippen LogP contribution in [-0.4, -0.2) is 31.8 Å². The number of carbonyl (C=O) groups excluding carboxylic acids is 1. The summed E-state index contributed by atoms with van der Waals surface area (Å²) in [5.74, 6) is 1.18. The SMILES string of the molecule is C=CCn1c(=NC(=O)/C=C\c2cc(OC)c(OC)c(OC)c2)sc2c(C)cc(C)cc21. The fourth-order valence-electron chi connectivity index (χ4n) is 3.40. The second-order valence-corrected chi connectivity index (χ2v) is 7.93. The average Bonchev–Trinajstić information content (AvgIpc) is 3.09. The molecule has 0 saturated carbocycles. The Morgan fingerprint density at radius 2 is 1.77 bits per heavy atom. The molecule has 0 fully saturated rings. The van der Waals surface area contributed by atoms with Crippen LogP contribution in [0, 0.1) is 13.8 Å². The van der Waals surface area contributed by atoms with Crippen molar-refractivity contribution in [2.75, 3.05) is 21.3 Å². The number of hydrogen-bond acceptors (Lipinski definition) is 5. The van der Waals surface area contributed by atoms with Crippen LogP contribution in [0.15, 0.2) is 48.0 Å². The van der Waals surface area contributed by atoms with E-state index in [1.54, 1.807) is 45.6 Å². The van der Waals surface area contributed by atoms with E-state index in [-0.39, 0.29) is 5.91 Å². The molecule has 6 nitrogen and oxygen atoms in total. The summed E-state index contributed by atoms with van der Waals surface area (Å²) in [5, 5.41) is 0. The van der Waals surface area contributed by atoms with E-state index in [9.17, 15) is 4.79 Å². The first-order chi connectivity index (χ1) is 14.9. The fourth-order valence-corrected chi connectivity index (χ4v) is 4.49. The summed E-state index contributed by atoms with van der Waals surface area (Å²) in [6, 6.07) is 7.79. The van der Waals surface area contributed by atoms with E-state index in [2.05, 4.69) is 37.6 Å². The molecule has 3 rings (SSSR count). The van der Waals surface area contributed by atoms with Crippen molar-refractivity contribution in [1.29, 1.82) is 0 Å². The molecule has 0 aliphatic rings. The van der Waals surface area contributed by atoms with Crippen molar-refractivity contribution in [3.8, 4) is 17.2 Å². The summed E-state index contributed by atoms with van der Waals surface area (Å²) in [7, 11) is 4.65. The predicted octanol–water partition coefficient (Wildman–Crippen LogP) is 4.67. The molecule has 0 radical (unpaired) electrons. The van der Waals surface area contributed by atoms with Gasteiger partial charge in [-0.2, -0.15) is 4.99 Å². The van der Waals surface area contributed by atoms with Crippen LogP contribution in [0.3, 0.4) is 0 Å². The van der Waals surface area contributed by atoms with Crippen molar-refractivity contribution in [3.05, 3.63) is 64.5 Å². The number of allylic oxidation sites excluding steroid dienone is 1. The second-order valence-electron chi connectivity index (χ2n) is 6.96. The molecular weight excluding hydrogens is 412 g/mol. The zero-order valence-corrected chi connectivity index (χ0v) is 19.2. The minimum absolute atomic E-state index is 0.354. The Morgan fingerprint density at radius 3 is 2.35 bits per heavy atom. The van der Waals surface area contributed by atoms with Crippen molar-refractivity contribution < 1.29 is 19.0 Å². The van der Waals surface area contributed by atoms with Crippen LogP contribution in [0.2, 0.25) is 0 Å². The summed E-state index contributed by atoms with van der Waals surface area (Å²) in [4.78, 5) is 17.6. The first kappa shape index (κ1) is 22.4. The number of rotatable bonds is 7. The van der Waals surface area contributed by atoms with Crippen LogP contribution in [0.4, 0.5) is 0 Å². The van der Waals surface area contributed by atoms with Gasteiger partial charge in [0.05, 0.1) is 31.5 Å². The number of carbonyl (C=O) groups is 1. The topological polar surface area (TPSA) is 62.1 Å². The minimum Gasteiger partial charge on any atom is -0.493 e. The Bertz CT molecular complexity index is 1210. The Balaban J connectivity index is 2.01. The summed E-state index contributed by atoms with van der Waals surface area (Å²) >= 11 is 1.50. The Labute approximate surface area is 185 Å². The molecule has 0 aliphatic heterocycles. The van der Waals surface area contributed by atoms with Crippen LogP contribution in [0.5, 0.6) is 17.2 Å². The fraction of sp³-hybridized carbons (Fsp3) is 0.250. The molecule has 2 aromatic carbocycles. The zero-order valence-electron chi connectivity index (χ0n) is 18.4. The molecule has 0 bridgehead atoms. The van der Waals surface area contributed by atoms with E-state index in [1.165, 1.54) is 28.5 Å². The highest BCUT2D eigenvalue weighted by Crippen LogP contribution is 2.38. The summed E-state index contributed by atoms with van der Waals surface area (Å²) in [6.07, 6.45) is 4.91. The maximum Gasteiger partial charge on any atom is 0.272 e. The monoisotopic (exact) mass is 438 g/mol. The maximum absolute atomic E-state index is 12.6. The zero-order chi connectivity index (χ0) is 22.5. The van der Waals surface area contributed by atoms with Gasteiger partial charge >= 0.3 is 0 Å². The number of aromatic nitrogens is 1. The van der Waals surface area contributed by atoms with Gasteiger partial charge in [-0.3, -0.25) is 4.79 Å². The first-order valence-electron chi connectivity index (χ1n) is 9.70. The minimum atomic E-state index is -0.354. The lowest BCUT2D eigenvalue weighted by Gasteiger charge is -2.12. The second kappa shape index (κ2) is 9.66. The lowest BCUT2D eigenvalue weighted by molar-refractivity contribution is -0.113. The van der Waals surface area contributed by atoms with Crippen molar-refractivity contribution in [2.24, 2.45) is 4.99 Å². The van der Waals surface area contributed by atoms with Gasteiger partial charge in [0.1, 0.15) is 0 Å². The summed E-state index contributed by atoms with van der Waals surface area (Å²) in [6.45, 7) is 8.54. The van der Waals surface area contributed by atoms with Crippen molar-refractivity contribution in [2.45, 2.75) is 20.4 Å². The lowest BCUT2D eigenvalue weighted by Crippen LogP contribution is -2.15. The van der Waals surface area contributed by atoms with E-state index in [0.717, 1.165) is 15.8 Å². The molecule has 1 amide bonds. The van der Waals surface area contributed by atoms with E-state index >= 15 is 0 Å². The van der Waals surface area contributed by atoms with Crippen LogP contribution >= 0.6 is 11.3 Å². The highest BCUT2D eigenvalue weighted by molar-refractivity contribution is 7.16. The third-order valence-corrected chi connectivity index (χ3v) is 5.97. The Hall–Kier alpha value is -3.32. The normalized spacial score (nSPS) is 11.8. The van der Waals surface area contributed by atoms with Gasteiger partial charge in [0, 0.05) is 12.6 Å². The number of ether oxygens (including phenoxy) is 3. The molecule has 0 saturated heterocycles.